The smallest absolute Gasteiger partial charge is 0.417 e. The lowest BCUT2D eigenvalue weighted by Gasteiger charge is -2.25. The van der Waals surface area contributed by atoms with E-state index in [0.717, 1.165) is 12.1 Å². The standard InChI is InChI=1S/C17H15F3N2O4/c18-17(19,20)11-2-7-14(21-10-11)25-12-3-5-13(6-4-12)26-16(15(23)24)8-1-9-22-16/h2-7,10,22H,1,8-9H2,(H,23,24)/t16-/m1/s1. The number of halogens is 3. The fourth-order valence-electron chi connectivity index (χ4n) is 2.54. The van der Waals surface area contributed by atoms with Gasteiger partial charge in [0.05, 0.1) is 5.56 Å². The minimum atomic E-state index is -4.46. The number of hydrogen-bond acceptors (Lipinski definition) is 5. The molecule has 2 N–H and O–H groups in total. The number of ether oxygens (including phenoxy) is 2. The third-order valence-corrected chi connectivity index (χ3v) is 3.86. The molecule has 0 aliphatic carbocycles. The lowest BCUT2D eigenvalue weighted by atomic mass is 10.1. The summed E-state index contributed by atoms with van der Waals surface area (Å²) in [5.74, 6) is -0.432. The van der Waals surface area contributed by atoms with Crippen LogP contribution in [0.4, 0.5) is 13.2 Å². The maximum absolute atomic E-state index is 12.5. The SMILES string of the molecule is O=C(O)[C@]1(Oc2ccc(Oc3ccc(C(F)(F)F)cn3)cc2)CCCN1. The lowest BCUT2D eigenvalue weighted by Crippen LogP contribution is -2.52. The number of carboxylic acid groups (broad SMARTS) is 1. The van der Waals surface area contributed by atoms with Crippen molar-refractivity contribution in [3.8, 4) is 17.4 Å². The summed E-state index contributed by atoms with van der Waals surface area (Å²) in [6.07, 6.45) is -2.74. The Kier molecular flexibility index (Phi) is 4.73. The highest BCUT2D eigenvalue weighted by Gasteiger charge is 2.43. The molecule has 1 atom stereocenters. The third-order valence-electron chi connectivity index (χ3n) is 3.86. The van der Waals surface area contributed by atoms with Crippen molar-refractivity contribution < 1.29 is 32.5 Å². The summed E-state index contributed by atoms with van der Waals surface area (Å²) >= 11 is 0. The van der Waals surface area contributed by atoms with Gasteiger partial charge in [-0.3, -0.25) is 5.32 Å². The van der Waals surface area contributed by atoms with E-state index >= 15 is 0 Å². The zero-order chi connectivity index (χ0) is 18.8. The predicted octanol–water partition coefficient (Wildman–Crippen LogP) is 3.44. The molecule has 2 aromatic rings. The van der Waals surface area contributed by atoms with Gasteiger partial charge in [0.15, 0.2) is 0 Å². The molecular weight excluding hydrogens is 353 g/mol. The molecule has 1 fully saturated rings. The summed E-state index contributed by atoms with van der Waals surface area (Å²) < 4.78 is 48.5. The lowest BCUT2D eigenvalue weighted by molar-refractivity contribution is -0.157. The number of alkyl halides is 3. The number of carbonyl (C=O) groups is 1. The Morgan fingerprint density at radius 2 is 1.85 bits per heavy atom. The topological polar surface area (TPSA) is 80.7 Å². The van der Waals surface area contributed by atoms with Crippen molar-refractivity contribution in [3.63, 3.8) is 0 Å². The van der Waals surface area contributed by atoms with Gasteiger partial charge in [-0.05, 0) is 43.3 Å². The molecule has 138 valence electrons. The first kappa shape index (κ1) is 18.0. The van der Waals surface area contributed by atoms with Crippen molar-refractivity contribution in [2.24, 2.45) is 0 Å². The zero-order valence-corrected chi connectivity index (χ0v) is 13.4. The Balaban J connectivity index is 1.67. The third kappa shape index (κ3) is 3.88. The summed E-state index contributed by atoms with van der Waals surface area (Å²) in [4.78, 5) is 15.1. The molecule has 0 saturated carbocycles. The van der Waals surface area contributed by atoms with Crippen LogP contribution in [0.1, 0.15) is 18.4 Å². The highest BCUT2D eigenvalue weighted by atomic mass is 19.4. The largest absolute Gasteiger partial charge is 0.477 e. The highest BCUT2D eigenvalue weighted by Crippen LogP contribution is 2.31. The van der Waals surface area contributed by atoms with Crippen molar-refractivity contribution in [2.75, 3.05) is 6.54 Å². The van der Waals surface area contributed by atoms with Gasteiger partial charge in [0.25, 0.3) is 5.72 Å². The Labute approximate surface area is 146 Å². The van der Waals surface area contributed by atoms with Gasteiger partial charge in [0, 0.05) is 18.7 Å². The first-order chi connectivity index (χ1) is 12.3. The molecule has 2 heterocycles. The Bertz CT molecular complexity index is 770. The first-order valence-corrected chi connectivity index (χ1v) is 7.77. The summed E-state index contributed by atoms with van der Waals surface area (Å²) in [7, 11) is 0. The van der Waals surface area contributed by atoms with Crippen LogP contribution in [0.25, 0.3) is 0 Å². The number of nitrogens with one attached hydrogen (secondary N) is 1. The van der Waals surface area contributed by atoms with Gasteiger partial charge in [-0.25, -0.2) is 9.78 Å². The van der Waals surface area contributed by atoms with Crippen LogP contribution in [0.2, 0.25) is 0 Å². The van der Waals surface area contributed by atoms with E-state index in [1.54, 1.807) is 0 Å². The van der Waals surface area contributed by atoms with E-state index in [2.05, 4.69) is 10.3 Å². The van der Waals surface area contributed by atoms with E-state index in [-0.39, 0.29) is 5.88 Å². The first-order valence-electron chi connectivity index (χ1n) is 7.77. The molecule has 0 amide bonds. The van der Waals surface area contributed by atoms with E-state index in [1.807, 2.05) is 0 Å². The van der Waals surface area contributed by atoms with E-state index in [1.165, 1.54) is 24.3 Å². The molecule has 1 aliphatic rings. The molecule has 26 heavy (non-hydrogen) atoms. The van der Waals surface area contributed by atoms with E-state index < -0.39 is 23.4 Å². The summed E-state index contributed by atoms with van der Waals surface area (Å²) in [5.41, 5.74) is -2.31. The van der Waals surface area contributed by atoms with Crippen LogP contribution in [0.15, 0.2) is 42.6 Å². The van der Waals surface area contributed by atoms with Gasteiger partial charge in [-0.2, -0.15) is 13.2 Å². The molecule has 0 spiro atoms. The molecule has 1 aliphatic heterocycles. The monoisotopic (exact) mass is 368 g/mol. The fraction of sp³-hybridized carbons (Fsp3) is 0.294. The second-order valence-electron chi connectivity index (χ2n) is 5.72. The van der Waals surface area contributed by atoms with Crippen molar-refractivity contribution in [3.05, 3.63) is 48.2 Å². The van der Waals surface area contributed by atoms with Crippen LogP contribution >= 0.6 is 0 Å². The number of rotatable bonds is 5. The van der Waals surface area contributed by atoms with Gasteiger partial charge < -0.3 is 14.6 Å². The van der Waals surface area contributed by atoms with Crippen LogP contribution in [0.5, 0.6) is 17.4 Å². The normalized spacial score (nSPS) is 20.0. The second kappa shape index (κ2) is 6.83. The Morgan fingerprint density at radius 1 is 1.15 bits per heavy atom. The van der Waals surface area contributed by atoms with Crippen molar-refractivity contribution >= 4 is 5.97 Å². The van der Waals surface area contributed by atoms with Gasteiger partial charge >= 0.3 is 12.1 Å². The molecule has 0 unspecified atom stereocenters. The minimum absolute atomic E-state index is 0.00568. The van der Waals surface area contributed by atoms with Crippen molar-refractivity contribution in [2.45, 2.75) is 24.7 Å². The molecule has 3 rings (SSSR count). The van der Waals surface area contributed by atoms with E-state index in [9.17, 15) is 23.1 Å². The average molecular weight is 368 g/mol. The van der Waals surface area contributed by atoms with Crippen LogP contribution in [0, 0.1) is 0 Å². The van der Waals surface area contributed by atoms with Gasteiger partial charge in [0.2, 0.25) is 5.88 Å². The fourth-order valence-corrected chi connectivity index (χ4v) is 2.54. The van der Waals surface area contributed by atoms with Crippen molar-refractivity contribution in [1.29, 1.82) is 0 Å². The summed E-state index contributed by atoms with van der Waals surface area (Å²) in [6, 6.07) is 8.06. The number of aliphatic carboxylic acids is 1. The molecule has 0 bridgehead atoms. The maximum Gasteiger partial charge on any atom is 0.417 e. The second-order valence-corrected chi connectivity index (χ2v) is 5.72. The number of benzene rings is 1. The van der Waals surface area contributed by atoms with Crippen LogP contribution in [-0.4, -0.2) is 28.3 Å². The van der Waals surface area contributed by atoms with Crippen molar-refractivity contribution in [1.82, 2.24) is 10.3 Å². The molecule has 1 saturated heterocycles. The van der Waals surface area contributed by atoms with E-state index in [0.29, 0.717) is 37.1 Å². The Morgan fingerprint density at radius 3 is 2.35 bits per heavy atom. The summed E-state index contributed by atoms with van der Waals surface area (Å²) in [6.45, 7) is 0.549. The van der Waals surface area contributed by atoms with Gasteiger partial charge in [0.1, 0.15) is 11.5 Å². The minimum Gasteiger partial charge on any atom is -0.477 e. The molecule has 6 nitrogen and oxygen atoms in total. The van der Waals surface area contributed by atoms with Gasteiger partial charge in [-0.1, -0.05) is 0 Å². The average Bonchev–Trinajstić information content (AvgIpc) is 3.06. The van der Waals surface area contributed by atoms with E-state index in [4.69, 9.17) is 9.47 Å². The summed E-state index contributed by atoms with van der Waals surface area (Å²) in [5, 5.41) is 12.2. The molecule has 9 heteroatoms. The molecule has 1 aromatic carbocycles. The number of carboxylic acids is 1. The van der Waals surface area contributed by atoms with Gasteiger partial charge in [-0.15, -0.1) is 0 Å². The molecular formula is C17H15F3N2O4. The van der Waals surface area contributed by atoms with Crippen LogP contribution in [-0.2, 0) is 11.0 Å². The van der Waals surface area contributed by atoms with Crippen LogP contribution in [0.3, 0.4) is 0 Å². The zero-order valence-electron chi connectivity index (χ0n) is 13.4. The van der Waals surface area contributed by atoms with Crippen LogP contribution < -0.4 is 14.8 Å². The quantitative estimate of drug-likeness (QED) is 0.842. The Hall–Kier alpha value is -2.81. The number of aromatic nitrogens is 1. The predicted molar refractivity (Wildman–Crippen MR) is 84.0 cm³/mol. The number of hydrogen-bond donors (Lipinski definition) is 2. The molecule has 0 radical (unpaired) electrons. The highest BCUT2D eigenvalue weighted by molar-refractivity contribution is 5.77. The maximum atomic E-state index is 12.5. The molecule has 1 aromatic heterocycles. The number of pyridine rings is 1. The number of nitrogens with zero attached hydrogens (tertiary/aromatic N) is 1.